The first-order valence-electron chi connectivity index (χ1n) is 7.61. The van der Waals surface area contributed by atoms with Gasteiger partial charge in [-0.15, -0.1) is 0 Å². The largest absolute Gasteiger partial charge is 0.467 e. The lowest BCUT2D eigenvalue weighted by Crippen LogP contribution is -2.15. The van der Waals surface area contributed by atoms with Crippen molar-refractivity contribution in [3.05, 3.63) is 30.2 Å². The van der Waals surface area contributed by atoms with E-state index in [1.54, 1.807) is 0 Å². The van der Waals surface area contributed by atoms with Gasteiger partial charge in [-0.3, -0.25) is 4.57 Å². The van der Waals surface area contributed by atoms with Crippen molar-refractivity contribution in [2.24, 2.45) is 0 Å². The molecule has 1 N–H and O–H groups in total. The lowest BCUT2D eigenvalue weighted by molar-refractivity contribution is -0.144. The number of fused-ring (bicyclic) bond motifs is 1. The maximum Gasteiger partial charge on any atom is 0.467 e. The Labute approximate surface area is 148 Å². The van der Waals surface area contributed by atoms with E-state index in [1.165, 1.54) is 23.2 Å². The number of halogens is 3. The van der Waals surface area contributed by atoms with Crippen molar-refractivity contribution in [3.63, 3.8) is 0 Å². The van der Waals surface area contributed by atoms with Crippen LogP contribution >= 0.6 is 0 Å². The Hall–Kier alpha value is -2.76. The molecule has 0 aliphatic heterocycles. The topological polar surface area (TPSA) is 98.5 Å². The monoisotopic (exact) mass is 382 g/mol. The molecule has 12 heteroatoms. The van der Waals surface area contributed by atoms with Gasteiger partial charge in [0.1, 0.15) is 12.1 Å². The van der Waals surface area contributed by atoms with Crippen molar-refractivity contribution in [3.8, 4) is 5.82 Å². The number of alkyl halides is 3. The van der Waals surface area contributed by atoms with E-state index < -0.39 is 12.0 Å². The van der Waals surface area contributed by atoms with Crippen molar-refractivity contribution >= 4 is 28.6 Å². The van der Waals surface area contributed by atoms with Crippen LogP contribution in [0, 0.1) is 0 Å². The third-order valence-electron chi connectivity index (χ3n) is 3.69. The Balaban J connectivity index is 1.88. The quantitative estimate of drug-likeness (QED) is 0.675. The van der Waals surface area contributed by atoms with Gasteiger partial charge < -0.3 is 5.32 Å². The van der Waals surface area contributed by atoms with Crippen LogP contribution in [0.3, 0.4) is 0 Å². The fourth-order valence-corrected chi connectivity index (χ4v) is 2.61. The van der Waals surface area contributed by atoms with Crippen molar-refractivity contribution in [2.45, 2.75) is 30.8 Å². The summed E-state index contributed by atoms with van der Waals surface area (Å²) in [7, 11) is 0. The summed E-state index contributed by atoms with van der Waals surface area (Å²) in [4.78, 5) is 19.5. The fraction of sp³-hybridized carbons (Fsp3) is 0.357. The van der Waals surface area contributed by atoms with Crippen LogP contribution < -0.4 is 5.32 Å². The van der Waals surface area contributed by atoms with E-state index in [9.17, 15) is 17.4 Å². The molecule has 3 aromatic heterocycles. The van der Waals surface area contributed by atoms with E-state index in [4.69, 9.17) is 0 Å². The minimum Gasteiger partial charge on any atom is -0.365 e. The lowest BCUT2D eigenvalue weighted by atomic mass is 10.4. The minimum atomic E-state index is -4.70. The molecule has 1 aliphatic rings. The summed E-state index contributed by atoms with van der Waals surface area (Å²) in [5.74, 6) is -0.619. The zero-order chi connectivity index (χ0) is 18.3. The molecule has 0 saturated heterocycles. The summed E-state index contributed by atoms with van der Waals surface area (Å²) >= 11 is 0.302. The average Bonchev–Trinajstić information content (AvgIpc) is 3.30. The van der Waals surface area contributed by atoms with E-state index in [0.29, 0.717) is 11.7 Å². The van der Waals surface area contributed by atoms with Crippen molar-refractivity contribution in [1.82, 2.24) is 29.5 Å². The number of hydrogen-bond acceptors (Lipinski definition) is 7. The number of anilines is 1. The van der Waals surface area contributed by atoms with Gasteiger partial charge in [0.05, 0.1) is 0 Å². The number of aromatic nitrogens is 6. The Morgan fingerprint density at radius 2 is 2.04 bits per heavy atom. The maximum absolute atomic E-state index is 13.2. The maximum atomic E-state index is 13.2. The molecule has 3 heterocycles. The van der Waals surface area contributed by atoms with Crippen LogP contribution in [0.25, 0.3) is 17.0 Å². The number of nitrogens with zero attached hydrogens (tertiary/aromatic N) is 6. The first kappa shape index (κ1) is 16.7. The van der Waals surface area contributed by atoms with Gasteiger partial charge in [0.15, 0.2) is 22.8 Å². The zero-order valence-electron chi connectivity index (χ0n) is 13.1. The molecule has 1 saturated carbocycles. The van der Waals surface area contributed by atoms with E-state index in [0.717, 1.165) is 12.8 Å². The number of rotatable bonds is 5. The second-order valence-electron chi connectivity index (χ2n) is 5.69. The molecule has 8 nitrogen and oxygen atoms in total. The molecule has 0 unspecified atom stereocenters. The molecule has 0 radical (unpaired) electrons. The van der Waals surface area contributed by atoms with E-state index in [-0.39, 0.29) is 40.4 Å². The second-order valence-corrected chi connectivity index (χ2v) is 6.22. The van der Waals surface area contributed by atoms with E-state index in [2.05, 4.69) is 30.2 Å². The lowest BCUT2D eigenvalue weighted by Gasteiger charge is -2.10. The number of nitrogens with one attached hydrogen (secondary N) is 1. The molecule has 1 aliphatic carbocycles. The van der Waals surface area contributed by atoms with Crippen LogP contribution in [0.15, 0.2) is 18.6 Å². The highest BCUT2D eigenvalue weighted by atomic mass is 32.1. The molecular weight excluding hydrogens is 371 g/mol. The van der Waals surface area contributed by atoms with Gasteiger partial charge in [-0.2, -0.15) is 13.2 Å². The van der Waals surface area contributed by atoms with Crippen LogP contribution in [0.4, 0.5) is 19.0 Å². The predicted molar refractivity (Wildman–Crippen MR) is 85.7 cm³/mol. The van der Waals surface area contributed by atoms with Crippen LogP contribution in [-0.4, -0.2) is 35.5 Å². The molecule has 0 aromatic carbocycles. The molecular formula is C14H11F3N7OS+. The van der Waals surface area contributed by atoms with Gasteiger partial charge in [0.2, 0.25) is 5.82 Å². The molecule has 0 spiro atoms. The second kappa shape index (κ2) is 6.20. The van der Waals surface area contributed by atoms with Gasteiger partial charge in [0, 0.05) is 16.4 Å². The molecule has 0 atom stereocenters. The Morgan fingerprint density at radius 3 is 2.73 bits per heavy atom. The smallest absolute Gasteiger partial charge is 0.365 e. The number of hydrogen-bond donors (Lipinski definition) is 1. The van der Waals surface area contributed by atoms with E-state index >= 15 is 0 Å². The van der Waals surface area contributed by atoms with Crippen molar-refractivity contribution in [2.75, 3.05) is 5.32 Å². The highest BCUT2D eigenvalue weighted by Gasteiger charge is 2.37. The van der Waals surface area contributed by atoms with Gasteiger partial charge >= 0.3 is 17.8 Å². The average molecular weight is 382 g/mol. The Bertz CT molecular complexity index is 986. The first-order valence-corrected chi connectivity index (χ1v) is 8.52. The SMILES string of the molecule is O=[S+]Cc1nccc(-n2cnc3c(NC4CC4)nc(C(F)(F)F)nc32)n1. The normalized spacial score (nSPS) is 14.6. The highest BCUT2D eigenvalue weighted by molar-refractivity contribution is 7.64. The zero-order valence-corrected chi connectivity index (χ0v) is 13.9. The summed E-state index contributed by atoms with van der Waals surface area (Å²) in [6.45, 7) is 0. The first-order chi connectivity index (χ1) is 12.5. The molecule has 1 fully saturated rings. The van der Waals surface area contributed by atoms with Crippen LogP contribution in [0.2, 0.25) is 0 Å². The van der Waals surface area contributed by atoms with Crippen molar-refractivity contribution < 1.29 is 17.4 Å². The molecule has 134 valence electrons. The van der Waals surface area contributed by atoms with Crippen LogP contribution in [0.1, 0.15) is 24.5 Å². The summed E-state index contributed by atoms with van der Waals surface area (Å²) in [5.41, 5.74) is 0.207. The molecule has 3 aromatic rings. The molecule has 4 rings (SSSR count). The van der Waals surface area contributed by atoms with Crippen LogP contribution in [0.5, 0.6) is 0 Å². The van der Waals surface area contributed by atoms with Gasteiger partial charge in [0.25, 0.3) is 5.75 Å². The summed E-state index contributed by atoms with van der Waals surface area (Å²) in [6, 6.07) is 1.60. The fourth-order valence-electron chi connectivity index (χ4n) is 2.36. The Kier molecular flexibility index (Phi) is 3.98. The van der Waals surface area contributed by atoms with E-state index in [1.807, 2.05) is 0 Å². The standard InChI is InChI=1S/C14H11F3N7OS/c15-14(16,17)13-22-11(20-7-1-2-7)10-12(23-13)24(6-19-10)9-3-4-18-8(21-9)5-26-25/h3-4,6-7H,1-2,5H2,(H,20,22,23)/q+1. The number of imidazole rings is 1. The third kappa shape index (κ3) is 3.19. The molecule has 26 heavy (non-hydrogen) atoms. The predicted octanol–water partition coefficient (Wildman–Crippen LogP) is 2.13. The molecule has 0 bridgehead atoms. The van der Waals surface area contributed by atoms with Gasteiger partial charge in [-0.1, -0.05) is 0 Å². The highest BCUT2D eigenvalue weighted by Crippen LogP contribution is 2.32. The van der Waals surface area contributed by atoms with Gasteiger partial charge in [-0.05, 0) is 18.9 Å². The molecule has 0 amide bonds. The van der Waals surface area contributed by atoms with Crippen LogP contribution in [-0.2, 0) is 27.8 Å². The summed E-state index contributed by atoms with van der Waals surface area (Å²) in [5, 5.41) is 2.96. The van der Waals surface area contributed by atoms with Gasteiger partial charge in [-0.25, -0.2) is 24.9 Å². The third-order valence-corrected chi connectivity index (χ3v) is 4.07. The Morgan fingerprint density at radius 1 is 1.23 bits per heavy atom. The van der Waals surface area contributed by atoms with Crippen molar-refractivity contribution in [1.29, 1.82) is 0 Å². The minimum absolute atomic E-state index is 0.0186. The summed E-state index contributed by atoms with van der Waals surface area (Å²) < 4.78 is 51.6. The summed E-state index contributed by atoms with van der Waals surface area (Å²) in [6.07, 6.45) is -0.201.